The summed E-state index contributed by atoms with van der Waals surface area (Å²) in [4.78, 5) is 50.6. The predicted molar refractivity (Wildman–Crippen MR) is 194 cm³/mol. The van der Waals surface area contributed by atoms with Crippen LogP contribution in [0.3, 0.4) is 0 Å². The Balaban J connectivity index is 1.49. The summed E-state index contributed by atoms with van der Waals surface area (Å²) >= 11 is 0. The number of hydrogen-bond donors (Lipinski definition) is 1. The normalized spacial score (nSPS) is 28.7. The molecule has 268 valence electrons. The molecular weight excluding hydrogens is 630 g/mol. The largest absolute Gasteiger partial charge is 0.494 e. The van der Waals surface area contributed by atoms with Crippen LogP contribution in [0.1, 0.15) is 66.9 Å². The molecule has 0 bridgehead atoms. The second-order valence-corrected chi connectivity index (χ2v) is 16.1. The Morgan fingerprint density at radius 1 is 0.880 bits per heavy atom. The lowest BCUT2D eigenvalue weighted by Crippen LogP contribution is -2.62. The van der Waals surface area contributed by atoms with Gasteiger partial charge in [0.05, 0.1) is 36.7 Å². The van der Waals surface area contributed by atoms with Gasteiger partial charge in [-0.25, -0.2) is 0 Å². The molecule has 1 spiro atoms. The van der Waals surface area contributed by atoms with Crippen LogP contribution in [0.15, 0.2) is 78.9 Å². The number of benzene rings is 2. The lowest BCUT2D eigenvalue weighted by Gasteiger charge is -2.46. The van der Waals surface area contributed by atoms with E-state index in [2.05, 4.69) is 34.6 Å². The van der Waals surface area contributed by atoms with Crippen LogP contribution < -0.4 is 9.64 Å². The molecule has 4 heterocycles. The molecule has 1 N–H and O–H groups in total. The van der Waals surface area contributed by atoms with Crippen molar-refractivity contribution < 1.29 is 29.0 Å². The first-order valence-corrected chi connectivity index (χ1v) is 18.1. The molecule has 2 fully saturated rings. The van der Waals surface area contributed by atoms with Gasteiger partial charge in [-0.15, -0.1) is 0 Å². The molecule has 2 aromatic carbocycles. The maximum absolute atomic E-state index is 15.2. The Bertz CT molecular complexity index is 1650. The van der Waals surface area contributed by atoms with Crippen LogP contribution in [0.5, 0.6) is 5.75 Å². The van der Waals surface area contributed by atoms with Gasteiger partial charge < -0.3 is 29.3 Å². The van der Waals surface area contributed by atoms with Crippen molar-refractivity contribution in [3.05, 3.63) is 84.5 Å². The smallest absolute Gasteiger partial charge is 0.249 e. The molecule has 1 unspecified atom stereocenters. The van der Waals surface area contributed by atoms with Gasteiger partial charge in [-0.2, -0.15) is 0 Å². The molecule has 6 atom stereocenters. The van der Waals surface area contributed by atoms with Gasteiger partial charge in [0, 0.05) is 24.3 Å². The standard InChI is InChI=1S/C41H53N3O6/c1-8-40-21-13-23-42(29-17-19-31(20-18-29)49-9-2)35(46)32(40)33-36(47)44(30(26-45)25-28-15-11-10-12-16-28)34-37(48)43(24-14-22-41(33,34)50-40)39(6,7)27-38(3,4)5/h10-22,30,32-34,45H,8-9,23-27H2,1-7H3/t30-,32-,33+,34?,40+,41+/m1/s1. The third-order valence-electron chi connectivity index (χ3n) is 10.9. The zero-order valence-electron chi connectivity index (χ0n) is 30.6. The van der Waals surface area contributed by atoms with Crippen LogP contribution >= 0.6 is 0 Å². The van der Waals surface area contributed by atoms with E-state index in [1.165, 1.54) is 0 Å². The van der Waals surface area contributed by atoms with Gasteiger partial charge in [-0.1, -0.05) is 82.3 Å². The van der Waals surface area contributed by atoms with E-state index < -0.39 is 40.7 Å². The number of nitrogens with zero attached hydrogens (tertiary/aromatic N) is 3. The average molecular weight is 684 g/mol. The van der Waals surface area contributed by atoms with Gasteiger partial charge in [0.1, 0.15) is 17.4 Å². The highest BCUT2D eigenvalue weighted by atomic mass is 16.5. The second kappa shape index (κ2) is 13.3. The zero-order valence-corrected chi connectivity index (χ0v) is 30.6. The van der Waals surface area contributed by atoms with E-state index in [9.17, 15) is 9.90 Å². The molecule has 9 nitrogen and oxygen atoms in total. The number of amides is 3. The van der Waals surface area contributed by atoms with E-state index >= 15 is 9.59 Å². The average Bonchev–Trinajstić information content (AvgIpc) is 3.36. The lowest BCUT2D eigenvalue weighted by atomic mass is 9.72. The highest BCUT2D eigenvalue weighted by molar-refractivity contribution is 6.04. The molecule has 2 saturated heterocycles. The number of aliphatic hydroxyl groups is 1. The first-order valence-electron chi connectivity index (χ1n) is 18.1. The minimum Gasteiger partial charge on any atom is -0.494 e. The number of likely N-dealkylation sites (tertiary alicyclic amines) is 1. The zero-order chi connectivity index (χ0) is 36.1. The lowest BCUT2D eigenvalue weighted by molar-refractivity contribution is -0.159. The highest BCUT2D eigenvalue weighted by Crippen LogP contribution is 2.59. The predicted octanol–water partition coefficient (Wildman–Crippen LogP) is 5.57. The Labute approximate surface area is 296 Å². The van der Waals surface area contributed by atoms with E-state index in [1.54, 1.807) is 9.80 Å². The van der Waals surface area contributed by atoms with Crippen molar-refractivity contribution in [2.45, 2.75) is 96.6 Å². The first kappa shape index (κ1) is 35.9. The third-order valence-corrected chi connectivity index (χ3v) is 10.9. The van der Waals surface area contributed by atoms with Crippen LogP contribution in [-0.4, -0.2) is 87.8 Å². The van der Waals surface area contributed by atoms with E-state index in [1.807, 2.05) is 97.6 Å². The fourth-order valence-corrected chi connectivity index (χ4v) is 9.29. The van der Waals surface area contributed by atoms with Crippen molar-refractivity contribution in [2.24, 2.45) is 17.3 Å². The number of anilines is 1. The van der Waals surface area contributed by atoms with Gasteiger partial charge in [-0.3, -0.25) is 14.4 Å². The summed E-state index contributed by atoms with van der Waals surface area (Å²) in [6.07, 6.45) is 9.25. The second-order valence-electron chi connectivity index (χ2n) is 16.1. The van der Waals surface area contributed by atoms with Gasteiger partial charge >= 0.3 is 0 Å². The van der Waals surface area contributed by atoms with Crippen molar-refractivity contribution in [3.8, 4) is 5.75 Å². The highest BCUT2D eigenvalue weighted by Gasteiger charge is 2.76. The monoisotopic (exact) mass is 683 g/mol. The van der Waals surface area contributed by atoms with Gasteiger partial charge in [0.2, 0.25) is 17.7 Å². The summed E-state index contributed by atoms with van der Waals surface area (Å²) in [7, 11) is 0. The Hall–Kier alpha value is -3.95. The number of fused-ring (bicyclic) bond motifs is 2. The molecule has 4 aliphatic heterocycles. The summed E-state index contributed by atoms with van der Waals surface area (Å²) in [5, 5.41) is 11.0. The first-order chi connectivity index (χ1) is 23.7. The van der Waals surface area contributed by atoms with Crippen LogP contribution in [-0.2, 0) is 25.5 Å². The van der Waals surface area contributed by atoms with Crippen LogP contribution in [0.4, 0.5) is 5.69 Å². The van der Waals surface area contributed by atoms with E-state index in [0.29, 0.717) is 44.0 Å². The topological polar surface area (TPSA) is 99.6 Å². The number of carbonyl (C=O) groups excluding carboxylic acids is 3. The molecule has 4 aliphatic rings. The summed E-state index contributed by atoms with van der Waals surface area (Å²) in [5.41, 5.74) is -1.54. The number of hydrogen-bond acceptors (Lipinski definition) is 6. The summed E-state index contributed by atoms with van der Waals surface area (Å²) in [5.74, 6) is -1.97. The Morgan fingerprint density at radius 3 is 2.18 bits per heavy atom. The third kappa shape index (κ3) is 6.06. The quantitative estimate of drug-likeness (QED) is 0.329. The fraction of sp³-hybridized carbons (Fsp3) is 0.537. The molecule has 3 amide bonds. The SMILES string of the molecule is CCOc1ccc(N2CC=C[C@]3(CC)O[C@]45C=CCN(C(C)(C)CC(C)(C)C)C(=O)C4N([C@@H](CO)Cc4ccccc4)C(=O)[C@@H]5[C@@H]3C2=O)cc1. The Kier molecular flexibility index (Phi) is 9.54. The maximum atomic E-state index is 15.2. The fourth-order valence-electron chi connectivity index (χ4n) is 9.29. The van der Waals surface area contributed by atoms with Crippen LogP contribution in [0.25, 0.3) is 0 Å². The number of ether oxygens (including phenoxy) is 2. The molecule has 50 heavy (non-hydrogen) atoms. The van der Waals surface area contributed by atoms with Crippen LogP contribution in [0.2, 0.25) is 0 Å². The molecule has 9 heteroatoms. The number of rotatable bonds is 10. The molecule has 6 rings (SSSR count). The van der Waals surface area contributed by atoms with Crippen molar-refractivity contribution in [1.82, 2.24) is 9.80 Å². The molecular formula is C41H53N3O6. The summed E-state index contributed by atoms with van der Waals surface area (Å²) < 4.78 is 12.9. The van der Waals surface area contributed by atoms with Gasteiger partial charge in [0.15, 0.2) is 0 Å². The minimum absolute atomic E-state index is 0.0724. The molecule has 0 saturated carbocycles. The minimum atomic E-state index is -1.42. The van der Waals surface area contributed by atoms with Crippen LogP contribution in [0, 0.1) is 17.3 Å². The van der Waals surface area contributed by atoms with Gasteiger partial charge in [0.25, 0.3) is 0 Å². The van der Waals surface area contributed by atoms with E-state index in [0.717, 1.165) is 12.0 Å². The molecule has 0 radical (unpaired) electrons. The number of aliphatic hydroxyl groups excluding tert-OH is 1. The molecule has 2 aromatic rings. The maximum Gasteiger partial charge on any atom is 0.249 e. The van der Waals surface area contributed by atoms with E-state index in [-0.39, 0.29) is 29.7 Å². The van der Waals surface area contributed by atoms with Crippen molar-refractivity contribution in [3.63, 3.8) is 0 Å². The molecule has 0 aliphatic carbocycles. The number of carbonyl (C=O) groups is 3. The Morgan fingerprint density at radius 2 is 1.56 bits per heavy atom. The summed E-state index contributed by atoms with van der Waals surface area (Å²) in [6.45, 7) is 15.3. The van der Waals surface area contributed by atoms with Crippen molar-refractivity contribution in [1.29, 1.82) is 0 Å². The van der Waals surface area contributed by atoms with Gasteiger partial charge in [-0.05, 0) is 75.3 Å². The van der Waals surface area contributed by atoms with Crippen molar-refractivity contribution in [2.75, 3.05) is 31.2 Å². The summed E-state index contributed by atoms with van der Waals surface area (Å²) in [6, 6.07) is 15.3. The van der Waals surface area contributed by atoms with Crippen molar-refractivity contribution >= 4 is 23.4 Å². The van der Waals surface area contributed by atoms with E-state index in [4.69, 9.17) is 9.47 Å². The molecule has 0 aromatic heterocycles.